The second kappa shape index (κ2) is 4.25. The third-order valence-electron chi connectivity index (χ3n) is 3.52. The van der Waals surface area contributed by atoms with Crippen molar-refractivity contribution in [2.24, 2.45) is 5.73 Å². The Morgan fingerprint density at radius 2 is 2.00 bits per heavy atom. The summed E-state index contributed by atoms with van der Waals surface area (Å²) in [6, 6.07) is 0.496. The van der Waals surface area contributed by atoms with Crippen molar-refractivity contribution in [2.45, 2.75) is 76.2 Å². The fourth-order valence-electron chi connectivity index (χ4n) is 2.65. The van der Waals surface area contributed by atoms with Gasteiger partial charge in [-0.05, 0) is 46.5 Å². The molecular formula is C13H24N2O2. The zero-order valence-corrected chi connectivity index (χ0v) is 11.1. The normalized spacial score (nSPS) is 33.9. The molecule has 2 rings (SSSR count). The minimum Gasteiger partial charge on any atom is -0.373 e. The third-order valence-corrected chi connectivity index (χ3v) is 3.52. The molecule has 0 aromatic rings. The summed E-state index contributed by atoms with van der Waals surface area (Å²) in [4.78, 5) is 11.7. The van der Waals surface area contributed by atoms with E-state index >= 15 is 0 Å². The lowest BCUT2D eigenvalue weighted by Gasteiger charge is -2.29. The Bertz CT molecular complexity index is 307. The first-order valence-corrected chi connectivity index (χ1v) is 6.56. The van der Waals surface area contributed by atoms with Crippen molar-refractivity contribution < 1.29 is 9.53 Å². The summed E-state index contributed by atoms with van der Waals surface area (Å²) in [6.45, 7) is 6.14. The Kier molecular flexibility index (Phi) is 3.21. The van der Waals surface area contributed by atoms with Gasteiger partial charge in [0, 0.05) is 12.5 Å². The summed E-state index contributed by atoms with van der Waals surface area (Å²) in [6.07, 6.45) is 4.92. The molecule has 4 heteroatoms. The number of nitrogens with two attached hydrogens (primary N) is 1. The van der Waals surface area contributed by atoms with Gasteiger partial charge in [0.05, 0.1) is 11.7 Å². The number of rotatable bonds is 4. The molecule has 0 aromatic heterocycles. The molecule has 3 N–H and O–H groups in total. The highest BCUT2D eigenvalue weighted by atomic mass is 16.5. The SMILES string of the molecule is CC(C)(C)OC1CCC(NC2CC2)(C(N)=O)C1. The quantitative estimate of drug-likeness (QED) is 0.779. The number of carbonyl (C=O) groups excluding carboxylic acids is 1. The summed E-state index contributed by atoms with van der Waals surface area (Å²) in [5.74, 6) is -0.218. The lowest BCUT2D eigenvalue weighted by Crippen LogP contribution is -2.55. The Morgan fingerprint density at radius 1 is 1.35 bits per heavy atom. The first kappa shape index (κ1) is 12.8. The third kappa shape index (κ3) is 3.19. The molecule has 0 aliphatic heterocycles. The van der Waals surface area contributed by atoms with E-state index in [1.165, 1.54) is 12.8 Å². The van der Waals surface area contributed by atoms with Gasteiger partial charge in [-0.25, -0.2) is 0 Å². The molecule has 0 spiro atoms. The van der Waals surface area contributed by atoms with Gasteiger partial charge >= 0.3 is 0 Å². The highest BCUT2D eigenvalue weighted by molar-refractivity contribution is 5.85. The molecule has 2 fully saturated rings. The van der Waals surface area contributed by atoms with Crippen molar-refractivity contribution in [3.8, 4) is 0 Å². The molecule has 2 unspecified atom stereocenters. The van der Waals surface area contributed by atoms with Gasteiger partial charge in [0.1, 0.15) is 5.54 Å². The largest absolute Gasteiger partial charge is 0.373 e. The van der Waals surface area contributed by atoms with Crippen LogP contribution < -0.4 is 11.1 Å². The summed E-state index contributed by atoms with van der Waals surface area (Å²) in [5.41, 5.74) is 4.91. The van der Waals surface area contributed by atoms with Gasteiger partial charge in [0.15, 0.2) is 0 Å². The van der Waals surface area contributed by atoms with Gasteiger partial charge in [-0.3, -0.25) is 4.79 Å². The fourth-order valence-corrected chi connectivity index (χ4v) is 2.65. The average Bonchev–Trinajstić information content (AvgIpc) is 2.86. The van der Waals surface area contributed by atoms with E-state index < -0.39 is 5.54 Å². The van der Waals surface area contributed by atoms with Crippen molar-refractivity contribution >= 4 is 5.91 Å². The molecule has 0 aromatic carbocycles. The molecule has 0 saturated heterocycles. The number of hydrogen-bond acceptors (Lipinski definition) is 3. The Morgan fingerprint density at radius 3 is 2.47 bits per heavy atom. The van der Waals surface area contributed by atoms with Gasteiger partial charge in [-0.2, -0.15) is 0 Å². The Labute approximate surface area is 103 Å². The van der Waals surface area contributed by atoms with E-state index in [1.54, 1.807) is 0 Å². The second-order valence-corrected chi connectivity index (χ2v) is 6.46. The fraction of sp³-hybridized carbons (Fsp3) is 0.923. The number of ether oxygens (including phenoxy) is 1. The highest BCUT2D eigenvalue weighted by Gasteiger charge is 2.47. The molecule has 17 heavy (non-hydrogen) atoms. The molecule has 0 bridgehead atoms. The van der Waals surface area contributed by atoms with E-state index in [-0.39, 0.29) is 17.6 Å². The van der Waals surface area contributed by atoms with Gasteiger partial charge in [0.2, 0.25) is 5.91 Å². The van der Waals surface area contributed by atoms with Crippen LogP contribution in [0.2, 0.25) is 0 Å². The molecular weight excluding hydrogens is 216 g/mol. The average molecular weight is 240 g/mol. The smallest absolute Gasteiger partial charge is 0.237 e. The van der Waals surface area contributed by atoms with Crippen molar-refractivity contribution in [2.75, 3.05) is 0 Å². The van der Waals surface area contributed by atoms with Crippen LogP contribution >= 0.6 is 0 Å². The Balaban J connectivity index is 1.98. The van der Waals surface area contributed by atoms with Crippen LogP contribution in [0.1, 0.15) is 52.9 Å². The van der Waals surface area contributed by atoms with Gasteiger partial charge in [-0.15, -0.1) is 0 Å². The van der Waals surface area contributed by atoms with Crippen LogP contribution in [0.15, 0.2) is 0 Å². The van der Waals surface area contributed by atoms with Gasteiger partial charge in [0.25, 0.3) is 0 Å². The van der Waals surface area contributed by atoms with Crippen molar-refractivity contribution in [3.63, 3.8) is 0 Å². The predicted molar refractivity (Wildman–Crippen MR) is 66.6 cm³/mol. The molecule has 0 heterocycles. The van der Waals surface area contributed by atoms with Crippen molar-refractivity contribution in [3.05, 3.63) is 0 Å². The van der Waals surface area contributed by atoms with Crippen molar-refractivity contribution in [1.82, 2.24) is 5.32 Å². The highest BCUT2D eigenvalue weighted by Crippen LogP contribution is 2.36. The van der Waals surface area contributed by atoms with Crippen LogP contribution in [-0.2, 0) is 9.53 Å². The molecule has 2 aliphatic rings. The zero-order valence-electron chi connectivity index (χ0n) is 11.1. The lowest BCUT2D eigenvalue weighted by atomic mass is 9.96. The van der Waals surface area contributed by atoms with Crippen LogP contribution in [0, 0.1) is 0 Å². The zero-order chi connectivity index (χ0) is 12.7. The molecule has 4 nitrogen and oxygen atoms in total. The molecule has 2 saturated carbocycles. The topological polar surface area (TPSA) is 64.3 Å². The van der Waals surface area contributed by atoms with Gasteiger partial charge in [-0.1, -0.05) is 0 Å². The lowest BCUT2D eigenvalue weighted by molar-refractivity contribution is -0.125. The molecule has 0 radical (unpaired) electrons. The van der Waals surface area contributed by atoms with Crippen molar-refractivity contribution in [1.29, 1.82) is 0 Å². The van der Waals surface area contributed by atoms with E-state index in [9.17, 15) is 4.79 Å². The second-order valence-electron chi connectivity index (χ2n) is 6.46. The minimum absolute atomic E-state index is 0.147. The summed E-state index contributed by atoms with van der Waals surface area (Å²) >= 11 is 0. The molecule has 2 atom stereocenters. The minimum atomic E-state index is -0.517. The van der Waals surface area contributed by atoms with E-state index in [4.69, 9.17) is 10.5 Å². The number of amides is 1. The maximum Gasteiger partial charge on any atom is 0.237 e. The molecule has 1 amide bonds. The summed E-state index contributed by atoms with van der Waals surface area (Å²) in [5, 5.41) is 3.43. The van der Waals surface area contributed by atoms with Crippen LogP contribution in [0.5, 0.6) is 0 Å². The van der Waals surface area contributed by atoms with Crippen LogP contribution in [0.3, 0.4) is 0 Å². The first-order chi connectivity index (χ1) is 7.81. The van der Waals surface area contributed by atoms with Crippen LogP contribution in [-0.4, -0.2) is 29.2 Å². The number of carbonyl (C=O) groups is 1. The van der Waals surface area contributed by atoms with E-state index in [1.807, 2.05) is 20.8 Å². The maximum atomic E-state index is 11.7. The van der Waals surface area contributed by atoms with Gasteiger partial charge < -0.3 is 15.8 Å². The molecule has 98 valence electrons. The summed E-state index contributed by atoms with van der Waals surface area (Å²) < 4.78 is 5.96. The molecule has 2 aliphatic carbocycles. The maximum absolute atomic E-state index is 11.7. The standard InChI is InChI=1S/C13H24N2O2/c1-12(2,3)17-10-6-7-13(8-10,11(14)16)15-9-4-5-9/h9-10,15H,4-8H2,1-3H3,(H2,14,16). The van der Waals surface area contributed by atoms with Crippen LogP contribution in [0.25, 0.3) is 0 Å². The van der Waals surface area contributed by atoms with E-state index in [0.717, 1.165) is 19.3 Å². The number of hydrogen-bond donors (Lipinski definition) is 2. The monoisotopic (exact) mass is 240 g/mol. The number of primary amides is 1. The number of nitrogens with one attached hydrogen (secondary N) is 1. The van der Waals surface area contributed by atoms with E-state index in [0.29, 0.717) is 6.04 Å². The predicted octanol–water partition coefficient (Wildman–Crippen LogP) is 1.33. The summed E-state index contributed by atoms with van der Waals surface area (Å²) in [7, 11) is 0. The van der Waals surface area contributed by atoms with E-state index in [2.05, 4.69) is 5.32 Å². The van der Waals surface area contributed by atoms with Crippen LogP contribution in [0.4, 0.5) is 0 Å². The Hall–Kier alpha value is -0.610. The first-order valence-electron chi connectivity index (χ1n) is 6.56.